The van der Waals surface area contributed by atoms with E-state index in [1.54, 1.807) is 7.11 Å². The molecule has 1 fully saturated rings. The van der Waals surface area contributed by atoms with Crippen molar-refractivity contribution in [3.63, 3.8) is 0 Å². The fourth-order valence-corrected chi connectivity index (χ4v) is 3.69. The van der Waals surface area contributed by atoms with Gasteiger partial charge in [-0.3, -0.25) is 9.78 Å². The summed E-state index contributed by atoms with van der Waals surface area (Å²) in [5, 5.41) is 0. The summed E-state index contributed by atoms with van der Waals surface area (Å²) >= 11 is 0. The Morgan fingerprint density at radius 2 is 1.93 bits per heavy atom. The van der Waals surface area contributed by atoms with E-state index >= 15 is 0 Å². The highest BCUT2D eigenvalue weighted by Crippen LogP contribution is 2.35. The molecule has 0 spiro atoms. The minimum Gasteiger partial charge on any atom is -0.496 e. The number of aromatic nitrogens is 1. The quantitative estimate of drug-likeness (QED) is 0.789. The molecule has 3 rings (SSSR count). The lowest BCUT2D eigenvalue weighted by molar-refractivity contribution is -0.141. The van der Waals surface area contributed by atoms with Crippen molar-refractivity contribution >= 4 is 11.7 Å². The van der Waals surface area contributed by atoms with Crippen LogP contribution in [0.5, 0.6) is 5.75 Å². The first-order valence-electron chi connectivity index (χ1n) is 9.27. The molecule has 1 aromatic heterocycles. The van der Waals surface area contributed by atoms with E-state index in [0.717, 1.165) is 37.2 Å². The first-order valence-corrected chi connectivity index (χ1v) is 9.27. The molecule has 27 heavy (non-hydrogen) atoms. The molecule has 0 aliphatic carbocycles. The van der Waals surface area contributed by atoms with Crippen LogP contribution in [0.2, 0.25) is 0 Å². The van der Waals surface area contributed by atoms with Crippen molar-refractivity contribution in [2.45, 2.75) is 31.2 Å². The van der Waals surface area contributed by atoms with Crippen molar-refractivity contribution in [2.75, 3.05) is 32.2 Å². The maximum absolute atomic E-state index is 11.5. The second-order valence-electron chi connectivity index (χ2n) is 6.85. The smallest absolute Gasteiger partial charge is 0.307 e. The summed E-state index contributed by atoms with van der Waals surface area (Å²) in [4.78, 5) is 18.0. The van der Waals surface area contributed by atoms with Gasteiger partial charge in [0, 0.05) is 42.8 Å². The third-order valence-electron chi connectivity index (χ3n) is 5.27. The standard InChI is InChI=1S/C21H27N3O3/c1-26-20-13-16(3-4-18(20)19(22)14-21(25)27-2)15-7-11-24(12-8-15)17-5-9-23-10-6-17/h3-6,9-10,13,15,19H,7-8,11-12,14,22H2,1-2H3. The monoisotopic (exact) mass is 369 g/mol. The molecule has 1 aliphatic heterocycles. The summed E-state index contributed by atoms with van der Waals surface area (Å²) < 4.78 is 10.3. The van der Waals surface area contributed by atoms with E-state index in [-0.39, 0.29) is 12.4 Å². The van der Waals surface area contributed by atoms with Crippen LogP contribution in [-0.4, -0.2) is 38.3 Å². The summed E-state index contributed by atoms with van der Waals surface area (Å²) in [7, 11) is 3.01. The molecule has 144 valence electrons. The van der Waals surface area contributed by atoms with Gasteiger partial charge >= 0.3 is 5.97 Å². The predicted octanol–water partition coefficient (Wildman–Crippen LogP) is 3.04. The van der Waals surface area contributed by atoms with Crippen LogP contribution in [0.4, 0.5) is 5.69 Å². The molecule has 0 bridgehead atoms. The summed E-state index contributed by atoms with van der Waals surface area (Å²) in [5.41, 5.74) is 9.49. The number of piperidine rings is 1. The number of benzene rings is 1. The molecular weight excluding hydrogens is 342 g/mol. The number of nitrogens with two attached hydrogens (primary N) is 1. The maximum atomic E-state index is 11.5. The van der Waals surface area contributed by atoms with E-state index in [2.05, 4.69) is 34.1 Å². The lowest BCUT2D eigenvalue weighted by Gasteiger charge is -2.34. The zero-order valence-corrected chi connectivity index (χ0v) is 15.9. The number of methoxy groups -OCH3 is 2. The average molecular weight is 369 g/mol. The SMILES string of the molecule is COC(=O)CC(N)c1ccc(C2CCN(c3ccncc3)CC2)cc1OC. The number of nitrogens with zero attached hydrogens (tertiary/aromatic N) is 2. The Morgan fingerprint density at radius 1 is 1.22 bits per heavy atom. The lowest BCUT2D eigenvalue weighted by atomic mass is 9.87. The van der Waals surface area contributed by atoms with Gasteiger partial charge in [0.2, 0.25) is 0 Å². The van der Waals surface area contributed by atoms with Gasteiger partial charge in [0.05, 0.1) is 20.6 Å². The number of rotatable bonds is 6. The number of ether oxygens (including phenoxy) is 2. The molecule has 0 saturated carbocycles. The number of anilines is 1. The summed E-state index contributed by atoms with van der Waals surface area (Å²) in [6, 6.07) is 9.84. The van der Waals surface area contributed by atoms with Gasteiger partial charge in [0.15, 0.2) is 0 Å². The molecule has 0 radical (unpaired) electrons. The number of pyridine rings is 1. The molecule has 1 unspecified atom stereocenters. The van der Waals surface area contributed by atoms with Crippen molar-refractivity contribution < 1.29 is 14.3 Å². The van der Waals surface area contributed by atoms with E-state index in [4.69, 9.17) is 15.2 Å². The third-order valence-corrected chi connectivity index (χ3v) is 5.27. The van der Waals surface area contributed by atoms with Crippen LogP contribution in [0, 0.1) is 0 Å². The Balaban J connectivity index is 1.68. The van der Waals surface area contributed by atoms with Crippen molar-refractivity contribution in [3.8, 4) is 5.75 Å². The van der Waals surface area contributed by atoms with Crippen molar-refractivity contribution in [1.82, 2.24) is 4.98 Å². The van der Waals surface area contributed by atoms with Crippen molar-refractivity contribution in [1.29, 1.82) is 0 Å². The second-order valence-corrected chi connectivity index (χ2v) is 6.85. The Labute approximate surface area is 160 Å². The van der Waals surface area contributed by atoms with Gasteiger partial charge in [-0.15, -0.1) is 0 Å². The number of hydrogen-bond acceptors (Lipinski definition) is 6. The number of carbonyl (C=O) groups excluding carboxylic acids is 1. The Kier molecular flexibility index (Phi) is 6.29. The molecule has 2 aromatic rings. The minimum atomic E-state index is -0.435. The van der Waals surface area contributed by atoms with E-state index in [1.165, 1.54) is 18.4 Å². The van der Waals surface area contributed by atoms with Gasteiger partial charge in [-0.1, -0.05) is 12.1 Å². The number of hydrogen-bond donors (Lipinski definition) is 1. The van der Waals surface area contributed by atoms with E-state index in [1.807, 2.05) is 18.5 Å². The molecule has 1 aromatic carbocycles. The van der Waals surface area contributed by atoms with Crippen LogP contribution in [0.25, 0.3) is 0 Å². The van der Waals surface area contributed by atoms with Gasteiger partial charge in [0.1, 0.15) is 5.75 Å². The molecule has 1 saturated heterocycles. The van der Waals surface area contributed by atoms with Gasteiger partial charge in [0.25, 0.3) is 0 Å². The van der Waals surface area contributed by atoms with E-state index in [9.17, 15) is 4.79 Å². The molecule has 1 aliphatic rings. The molecular formula is C21H27N3O3. The first kappa shape index (κ1) is 19.2. The largest absolute Gasteiger partial charge is 0.496 e. The number of esters is 1. The highest BCUT2D eigenvalue weighted by atomic mass is 16.5. The number of carbonyl (C=O) groups is 1. The fourth-order valence-electron chi connectivity index (χ4n) is 3.69. The zero-order chi connectivity index (χ0) is 19.2. The molecule has 6 heteroatoms. The van der Waals surface area contributed by atoms with Crippen LogP contribution in [0.1, 0.15) is 42.3 Å². The molecule has 1 atom stereocenters. The Morgan fingerprint density at radius 3 is 2.56 bits per heavy atom. The van der Waals surface area contributed by atoms with Crippen LogP contribution >= 0.6 is 0 Å². The second kappa shape index (κ2) is 8.86. The van der Waals surface area contributed by atoms with Gasteiger partial charge < -0.3 is 20.1 Å². The first-order chi connectivity index (χ1) is 13.1. The maximum Gasteiger partial charge on any atom is 0.307 e. The van der Waals surface area contributed by atoms with E-state index < -0.39 is 6.04 Å². The Hall–Kier alpha value is -2.60. The average Bonchev–Trinajstić information content (AvgIpc) is 2.73. The zero-order valence-electron chi connectivity index (χ0n) is 15.9. The van der Waals surface area contributed by atoms with Crippen LogP contribution in [0.15, 0.2) is 42.7 Å². The molecule has 0 amide bonds. The summed E-state index contributed by atoms with van der Waals surface area (Å²) in [6.07, 6.45) is 5.97. The van der Waals surface area contributed by atoms with Crippen LogP contribution in [-0.2, 0) is 9.53 Å². The third kappa shape index (κ3) is 4.57. The lowest BCUT2D eigenvalue weighted by Crippen LogP contribution is -2.32. The summed E-state index contributed by atoms with van der Waals surface area (Å²) in [6.45, 7) is 2.03. The summed E-state index contributed by atoms with van der Waals surface area (Å²) in [5.74, 6) is 0.903. The topological polar surface area (TPSA) is 77.7 Å². The van der Waals surface area contributed by atoms with E-state index in [0.29, 0.717) is 5.92 Å². The van der Waals surface area contributed by atoms with Crippen molar-refractivity contribution in [3.05, 3.63) is 53.9 Å². The molecule has 2 N–H and O–H groups in total. The van der Waals surface area contributed by atoms with Crippen molar-refractivity contribution in [2.24, 2.45) is 5.73 Å². The van der Waals surface area contributed by atoms with Crippen LogP contribution < -0.4 is 15.4 Å². The highest BCUT2D eigenvalue weighted by molar-refractivity contribution is 5.70. The predicted molar refractivity (Wildman–Crippen MR) is 105 cm³/mol. The molecule has 2 heterocycles. The van der Waals surface area contributed by atoms with Gasteiger partial charge in [-0.2, -0.15) is 0 Å². The molecule has 6 nitrogen and oxygen atoms in total. The van der Waals surface area contributed by atoms with Gasteiger partial charge in [-0.05, 0) is 42.5 Å². The van der Waals surface area contributed by atoms with Crippen LogP contribution in [0.3, 0.4) is 0 Å². The normalized spacial score (nSPS) is 16.0. The van der Waals surface area contributed by atoms with Gasteiger partial charge in [-0.25, -0.2) is 0 Å². The Bertz CT molecular complexity index is 759. The highest BCUT2D eigenvalue weighted by Gasteiger charge is 2.23. The fraction of sp³-hybridized carbons (Fsp3) is 0.429. The minimum absolute atomic E-state index is 0.135.